The van der Waals surface area contributed by atoms with Crippen molar-refractivity contribution in [2.75, 3.05) is 55.6 Å². The van der Waals surface area contributed by atoms with Crippen molar-refractivity contribution in [1.29, 1.82) is 5.26 Å². The lowest BCUT2D eigenvalue weighted by atomic mass is 9.93. The van der Waals surface area contributed by atoms with Gasteiger partial charge in [-0.15, -0.1) is 10.2 Å². The van der Waals surface area contributed by atoms with Crippen LogP contribution in [-0.2, 0) is 20.8 Å². The molecule has 4 heterocycles. The highest BCUT2D eigenvalue weighted by atomic mass is 35.5. The summed E-state index contributed by atoms with van der Waals surface area (Å²) in [4.78, 5) is 56.0. The maximum Gasteiger partial charge on any atom is 0.272 e. The number of anilines is 2. The number of nitrogens with zero attached hydrogens (tertiary/aromatic N) is 6. The van der Waals surface area contributed by atoms with E-state index in [-0.39, 0.29) is 42.7 Å². The Bertz CT molecular complexity index is 1910. The molecule has 3 aromatic rings. The second-order valence-corrected chi connectivity index (χ2v) is 15.6. The van der Waals surface area contributed by atoms with E-state index in [1.807, 2.05) is 18.2 Å². The third-order valence-corrected chi connectivity index (χ3v) is 11.6. The minimum atomic E-state index is -0.661. The standard InChI is InChI=1S/C41H48ClN9O5/c42-34-24-33(8-3-29(34)25-43)56-32-9-4-30(5-10-32)44-41(55)36-11-13-37(48-47-36)51-17-15-28(16-18-51)26-49-19-21-50(22-20-49)31-6-1-27(2-7-31)23-39(53)45-35-12-14-38(52)46-40(35)54/h1-3,6-8,11,13,24,28,30,32,35H,4-5,9-10,12,14-23,26H2,(H,44,55)(H,45,53)(H,46,52,54). The minimum Gasteiger partial charge on any atom is -0.490 e. The van der Waals surface area contributed by atoms with Gasteiger partial charge in [-0.05, 0) is 92.8 Å². The quantitative estimate of drug-likeness (QED) is 0.243. The van der Waals surface area contributed by atoms with Crippen molar-refractivity contribution in [3.63, 3.8) is 0 Å². The number of nitriles is 1. The van der Waals surface area contributed by atoms with Crippen molar-refractivity contribution in [3.05, 3.63) is 76.4 Å². The number of hydrogen-bond acceptors (Lipinski definition) is 11. The SMILES string of the molecule is N#Cc1ccc(OC2CCC(NC(=O)c3ccc(N4CCC(CN5CCN(c6ccc(CC(=O)NC7CCC(=O)NC7=O)cc6)CC5)CC4)nn3)CC2)cc1Cl. The highest BCUT2D eigenvalue weighted by Gasteiger charge is 2.29. The summed E-state index contributed by atoms with van der Waals surface area (Å²) >= 11 is 6.14. The number of hydrogen-bond donors (Lipinski definition) is 3. The van der Waals surface area contributed by atoms with Crippen LogP contribution in [0.1, 0.15) is 73.0 Å². The van der Waals surface area contributed by atoms with E-state index in [9.17, 15) is 19.2 Å². The molecule has 1 aromatic heterocycles. The van der Waals surface area contributed by atoms with Gasteiger partial charge in [0.15, 0.2) is 11.5 Å². The molecule has 294 valence electrons. The Kier molecular flexibility index (Phi) is 12.6. The van der Waals surface area contributed by atoms with Crippen LogP contribution in [0.5, 0.6) is 5.75 Å². The largest absolute Gasteiger partial charge is 0.490 e. The number of aromatic nitrogens is 2. The van der Waals surface area contributed by atoms with Gasteiger partial charge >= 0.3 is 0 Å². The van der Waals surface area contributed by atoms with E-state index in [0.29, 0.717) is 34.4 Å². The van der Waals surface area contributed by atoms with Gasteiger partial charge in [0.2, 0.25) is 17.7 Å². The van der Waals surface area contributed by atoms with E-state index >= 15 is 0 Å². The summed E-state index contributed by atoms with van der Waals surface area (Å²) in [5, 5.41) is 26.3. The molecule has 4 fully saturated rings. The van der Waals surface area contributed by atoms with Gasteiger partial charge in [0.05, 0.1) is 23.1 Å². The van der Waals surface area contributed by atoms with E-state index in [1.54, 1.807) is 24.3 Å². The third-order valence-electron chi connectivity index (χ3n) is 11.3. The van der Waals surface area contributed by atoms with E-state index in [2.05, 4.69) is 59.0 Å². The Labute approximate surface area is 331 Å². The third kappa shape index (κ3) is 10.1. The van der Waals surface area contributed by atoms with Crippen molar-refractivity contribution in [3.8, 4) is 11.8 Å². The van der Waals surface area contributed by atoms with Crippen molar-refractivity contribution in [2.24, 2.45) is 5.92 Å². The van der Waals surface area contributed by atoms with Gasteiger partial charge in [-0.2, -0.15) is 5.26 Å². The molecular formula is C41H48ClN9O5. The number of amides is 4. The highest BCUT2D eigenvalue weighted by molar-refractivity contribution is 6.31. The first kappa shape index (κ1) is 39.0. The van der Waals surface area contributed by atoms with Crippen LogP contribution in [0.4, 0.5) is 11.5 Å². The molecule has 1 atom stereocenters. The number of piperidine rings is 2. The second kappa shape index (κ2) is 18.1. The number of ether oxygens (including phenoxy) is 1. The Morgan fingerprint density at radius 1 is 0.857 bits per heavy atom. The van der Waals surface area contributed by atoms with Gasteiger partial charge in [-0.3, -0.25) is 29.4 Å². The number of carbonyl (C=O) groups is 4. The monoisotopic (exact) mass is 781 g/mol. The molecule has 15 heteroatoms. The Morgan fingerprint density at radius 3 is 2.27 bits per heavy atom. The fourth-order valence-electron chi connectivity index (χ4n) is 8.04. The maximum atomic E-state index is 13.0. The summed E-state index contributed by atoms with van der Waals surface area (Å²) < 4.78 is 6.08. The molecule has 3 aliphatic heterocycles. The van der Waals surface area contributed by atoms with Crippen LogP contribution in [0.3, 0.4) is 0 Å². The fourth-order valence-corrected chi connectivity index (χ4v) is 8.25. The summed E-state index contributed by atoms with van der Waals surface area (Å²) in [6.45, 7) is 6.75. The molecule has 2 aromatic carbocycles. The normalized spacial score (nSPS) is 22.2. The highest BCUT2D eigenvalue weighted by Crippen LogP contribution is 2.28. The maximum absolute atomic E-state index is 13.0. The van der Waals surface area contributed by atoms with Gasteiger partial charge in [0, 0.05) is 70.0 Å². The van der Waals surface area contributed by atoms with Crippen LogP contribution in [0, 0.1) is 17.2 Å². The first-order valence-corrected chi connectivity index (χ1v) is 20.0. The zero-order chi connectivity index (χ0) is 39.0. The summed E-state index contributed by atoms with van der Waals surface area (Å²) in [5.41, 5.74) is 2.75. The zero-order valence-corrected chi connectivity index (χ0v) is 32.2. The van der Waals surface area contributed by atoms with Crippen molar-refractivity contribution < 1.29 is 23.9 Å². The molecule has 1 aliphatic carbocycles. The molecule has 3 N–H and O–H groups in total. The lowest BCUT2D eigenvalue weighted by Crippen LogP contribution is -2.52. The number of carbonyl (C=O) groups excluding carboxylic acids is 4. The number of piperazine rings is 1. The second-order valence-electron chi connectivity index (χ2n) is 15.2. The molecular weight excluding hydrogens is 734 g/mol. The van der Waals surface area contributed by atoms with E-state index in [1.165, 1.54) is 0 Å². The topological polar surface area (TPSA) is 173 Å². The Hall–Kier alpha value is -5.26. The molecule has 1 unspecified atom stereocenters. The number of imide groups is 1. The number of nitrogens with one attached hydrogen (secondary N) is 3. The zero-order valence-electron chi connectivity index (χ0n) is 31.4. The average Bonchev–Trinajstić information content (AvgIpc) is 3.21. The van der Waals surface area contributed by atoms with Gasteiger partial charge in [-0.25, -0.2) is 0 Å². The summed E-state index contributed by atoms with van der Waals surface area (Å²) in [6, 6.07) is 18.3. The molecule has 4 amide bonds. The van der Waals surface area contributed by atoms with Gasteiger partial charge in [0.25, 0.3) is 5.91 Å². The van der Waals surface area contributed by atoms with Crippen LogP contribution in [-0.4, -0.2) is 103 Å². The fraction of sp³-hybridized carbons (Fsp3) is 0.488. The minimum absolute atomic E-state index is 0.0302. The predicted octanol–water partition coefficient (Wildman–Crippen LogP) is 3.62. The smallest absolute Gasteiger partial charge is 0.272 e. The van der Waals surface area contributed by atoms with Crippen molar-refractivity contribution >= 4 is 46.7 Å². The van der Waals surface area contributed by atoms with Crippen molar-refractivity contribution in [2.45, 2.75) is 76.0 Å². The molecule has 1 saturated carbocycles. The Morgan fingerprint density at radius 2 is 1.61 bits per heavy atom. The number of benzene rings is 2. The number of rotatable bonds is 11. The summed E-state index contributed by atoms with van der Waals surface area (Å²) in [6.07, 6.45) is 6.12. The first-order chi connectivity index (χ1) is 27.2. The molecule has 0 spiro atoms. The van der Waals surface area contributed by atoms with E-state index < -0.39 is 11.9 Å². The molecule has 4 aliphatic rings. The molecule has 3 saturated heterocycles. The first-order valence-electron chi connectivity index (χ1n) is 19.6. The summed E-state index contributed by atoms with van der Waals surface area (Å²) in [7, 11) is 0. The van der Waals surface area contributed by atoms with E-state index in [4.69, 9.17) is 21.6 Å². The molecule has 0 radical (unpaired) electrons. The van der Waals surface area contributed by atoms with Gasteiger partial charge < -0.3 is 25.2 Å². The van der Waals surface area contributed by atoms with Crippen LogP contribution >= 0.6 is 11.6 Å². The molecule has 7 rings (SSSR count). The lowest BCUT2D eigenvalue weighted by molar-refractivity contribution is -0.137. The summed E-state index contributed by atoms with van der Waals surface area (Å²) in [5.74, 6) is 0.876. The van der Waals surface area contributed by atoms with Gasteiger partial charge in [-0.1, -0.05) is 23.7 Å². The predicted molar refractivity (Wildman–Crippen MR) is 210 cm³/mol. The lowest BCUT2D eigenvalue weighted by Gasteiger charge is -2.39. The molecule has 14 nitrogen and oxygen atoms in total. The molecule has 56 heavy (non-hydrogen) atoms. The van der Waals surface area contributed by atoms with Crippen LogP contribution in [0.2, 0.25) is 5.02 Å². The molecule has 0 bridgehead atoms. The number of halogens is 1. The van der Waals surface area contributed by atoms with Crippen molar-refractivity contribution in [1.82, 2.24) is 31.0 Å². The van der Waals surface area contributed by atoms with E-state index in [0.717, 1.165) is 101 Å². The van der Waals surface area contributed by atoms with Crippen LogP contribution < -0.4 is 30.5 Å². The van der Waals surface area contributed by atoms with Gasteiger partial charge in [0.1, 0.15) is 17.9 Å². The van der Waals surface area contributed by atoms with Crippen LogP contribution in [0.15, 0.2) is 54.6 Å². The van der Waals surface area contributed by atoms with Crippen LogP contribution in [0.25, 0.3) is 0 Å². The average molecular weight is 782 g/mol. The Balaban J connectivity index is 0.779.